The summed E-state index contributed by atoms with van der Waals surface area (Å²) in [5.41, 5.74) is -0.534. The van der Waals surface area contributed by atoms with Crippen LogP contribution in [0.3, 0.4) is 0 Å². The topological polar surface area (TPSA) is 205 Å². The Morgan fingerprint density at radius 3 is 2.45 bits per heavy atom. The van der Waals surface area contributed by atoms with Gasteiger partial charge in [0.1, 0.15) is 11.9 Å². The summed E-state index contributed by atoms with van der Waals surface area (Å²) in [5, 5.41) is 8.82. The average molecular weight is 698 g/mol. The van der Waals surface area contributed by atoms with Crippen LogP contribution in [0.2, 0.25) is 0 Å². The number of aromatic nitrogens is 2. The fourth-order valence-corrected chi connectivity index (χ4v) is 6.95. The Morgan fingerprint density at radius 2 is 1.74 bits per heavy atom. The Balaban J connectivity index is 1.49. The van der Waals surface area contributed by atoms with Crippen LogP contribution in [-0.2, 0) is 43.2 Å². The van der Waals surface area contributed by atoms with Crippen LogP contribution in [0.15, 0.2) is 52.2 Å². The Labute approximate surface area is 272 Å². The SMILES string of the molecule is CCCCCCCCCC(=O)Oc1ccc(COP(=O)(OCCC#N)OP(=O)(O)OC[C@@H]2C=C[C@H](n3cc(C)c(=O)[nH]c3=O)O2)cc1. The van der Waals surface area contributed by atoms with Crippen LogP contribution >= 0.6 is 15.6 Å². The number of carbonyl (C=O) groups excluding carboxylic acids is 1. The number of aromatic amines is 1. The zero-order valence-corrected chi connectivity index (χ0v) is 28.2. The lowest BCUT2D eigenvalue weighted by Gasteiger charge is -2.21. The van der Waals surface area contributed by atoms with E-state index in [9.17, 15) is 28.4 Å². The number of benzene rings is 1. The number of unbranched alkanes of at least 4 members (excludes halogenated alkanes) is 6. The quantitative estimate of drug-likeness (QED) is 0.0526. The molecule has 1 aliphatic rings. The van der Waals surface area contributed by atoms with Crippen molar-refractivity contribution in [1.29, 1.82) is 5.26 Å². The third kappa shape index (κ3) is 13.5. The highest BCUT2D eigenvalue weighted by molar-refractivity contribution is 7.61. The predicted octanol–water partition coefficient (Wildman–Crippen LogP) is 5.73. The lowest BCUT2D eigenvalue weighted by Crippen LogP contribution is -2.33. The van der Waals surface area contributed by atoms with Gasteiger partial charge in [-0.2, -0.15) is 9.57 Å². The van der Waals surface area contributed by atoms with Crippen LogP contribution in [0, 0.1) is 18.3 Å². The summed E-state index contributed by atoms with van der Waals surface area (Å²) in [4.78, 5) is 48.4. The number of phosphoric acid groups is 2. The average Bonchev–Trinajstić information content (AvgIpc) is 3.50. The normalized spacial score (nSPS) is 18.3. The van der Waals surface area contributed by atoms with E-state index in [-0.39, 0.29) is 24.6 Å². The Kier molecular flexibility index (Phi) is 15.5. The van der Waals surface area contributed by atoms with E-state index in [1.807, 2.05) is 0 Å². The molecule has 258 valence electrons. The number of ether oxygens (including phenoxy) is 2. The molecule has 2 heterocycles. The molecule has 17 heteroatoms. The first-order valence-electron chi connectivity index (χ1n) is 15.3. The summed E-state index contributed by atoms with van der Waals surface area (Å²) in [6.45, 7) is 2.31. The van der Waals surface area contributed by atoms with E-state index in [2.05, 4.69) is 11.9 Å². The Morgan fingerprint density at radius 1 is 1.04 bits per heavy atom. The van der Waals surface area contributed by atoms with Crippen molar-refractivity contribution in [2.24, 2.45) is 0 Å². The van der Waals surface area contributed by atoms with E-state index in [1.54, 1.807) is 18.2 Å². The van der Waals surface area contributed by atoms with Crippen molar-refractivity contribution in [3.63, 3.8) is 0 Å². The number of aryl methyl sites for hydroxylation is 1. The van der Waals surface area contributed by atoms with Gasteiger partial charge in [-0.25, -0.2) is 13.9 Å². The number of carbonyl (C=O) groups is 1. The molecule has 0 bridgehead atoms. The van der Waals surface area contributed by atoms with Crippen LogP contribution in [-0.4, -0.2) is 39.7 Å². The van der Waals surface area contributed by atoms with Crippen molar-refractivity contribution in [3.8, 4) is 11.8 Å². The van der Waals surface area contributed by atoms with Gasteiger partial charge in [-0.1, -0.05) is 63.7 Å². The number of phosphoric ester groups is 2. The summed E-state index contributed by atoms with van der Waals surface area (Å²) in [7, 11) is -9.82. The molecule has 0 radical (unpaired) electrons. The molecular weight excluding hydrogens is 656 g/mol. The van der Waals surface area contributed by atoms with Gasteiger partial charge >= 0.3 is 27.3 Å². The van der Waals surface area contributed by atoms with Crippen LogP contribution in [0.25, 0.3) is 0 Å². The first-order chi connectivity index (χ1) is 22.4. The largest absolute Gasteiger partial charge is 0.484 e. The molecular formula is C30H41N3O12P2. The second-order valence-corrected chi connectivity index (χ2v) is 14.0. The third-order valence-corrected chi connectivity index (χ3v) is 9.87. The maximum atomic E-state index is 13.2. The fraction of sp³-hybridized carbons (Fsp3) is 0.533. The van der Waals surface area contributed by atoms with Crippen LogP contribution < -0.4 is 16.0 Å². The smallest absolute Gasteiger partial charge is 0.427 e. The molecule has 1 aromatic carbocycles. The summed E-state index contributed by atoms with van der Waals surface area (Å²) < 4.78 is 58.2. The van der Waals surface area contributed by atoms with Crippen molar-refractivity contribution in [3.05, 3.63) is 74.6 Å². The second-order valence-electron chi connectivity index (χ2n) is 10.7. The minimum absolute atomic E-state index is 0.210. The summed E-state index contributed by atoms with van der Waals surface area (Å²) in [5.74, 6) is -0.0369. The minimum Gasteiger partial charge on any atom is -0.427 e. The predicted molar refractivity (Wildman–Crippen MR) is 169 cm³/mol. The number of hydrogen-bond donors (Lipinski definition) is 2. The first kappa shape index (κ1) is 38.3. The number of rotatable bonds is 21. The van der Waals surface area contributed by atoms with Gasteiger partial charge in [-0.05, 0) is 37.1 Å². The van der Waals surface area contributed by atoms with Gasteiger partial charge in [0, 0.05) is 18.2 Å². The van der Waals surface area contributed by atoms with E-state index in [4.69, 9.17) is 32.6 Å². The fourth-order valence-electron chi connectivity index (χ4n) is 4.34. The highest BCUT2D eigenvalue weighted by Gasteiger charge is 2.39. The standard InChI is InChI=1S/C30H41N3O12P2/c1-3-4-5-6-7-8-9-11-28(34)44-25-14-12-24(13-15-25)21-42-47(39,40-19-10-18-31)45-46(37,38)41-22-26-16-17-27(43-26)33-20-23(2)29(35)32-30(33)36/h12-17,20,26-27H,3-11,19,21-22H2,1-2H3,(H,37,38)(H,32,35,36)/t26-,27+,47?/m0/s1. The molecule has 2 unspecified atom stereocenters. The molecule has 4 atom stereocenters. The van der Waals surface area contributed by atoms with E-state index in [0.29, 0.717) is 17.7 Å². The van der Waals surface area contributed by atoms with Gasteiger partial charge in [-0.3, -0.25) is 32.7 Å². The van der Waals surface area contributed by atoms with Gasteiger partial charge < -0.3 is 14.4 Å². The molecule has 2 N–H and O–H groups in total. The molecule has 3 rings (SSSR count). The monoisotopic (exact) mass is 697 g/mol. The highest BCUT2D eigenvalue weighted by Crippen LogP contribution is 2.64. The van der Waals surface area contributed by atoms with Gasteiger partial charge in [0.2, 0.25) is 0 Å². The van der Waals surface area contributed by atoms with E-state index < -0.39 is 52.4 Å². The third-order valence-electron chi connectivity index (χ3n) is 6.82. The number of nitriles is 1. The highest BCUT2D eigenvalue weighted by atomic mass is 31.3. The van der Waals surface area contributed by atoms with Crippen molar-refractivity contribution in [1.82, 2.24) is 9.55 Å². The number of nitrogens with one attached hydrogen (secondary N) is 1. The first-order valence-corrected chi connectivity index (χ1v) is 18.3. The van der Waals surface area contributed by atoms with Crippen molar-refractivity contribution in [2.75, 3.05) is 13.2 Å². The zero-order chi connectivity index (χ0) is 34.3. The molecule has 0 saturated carbocycles. The lowest BCUT2D eigenvalue weighted by molar-refractivity contribution is -0.134. The molecule has 0 fully saturated rings. The maximum absolute atomic E-state index is 13.2. The number of nitrogens with zero attached hydrogens (tertiary/aromatic N) is 2. The molecule has 47 heavy (non-hydrogen) atoms. The number of H-pyrrole nitrogens is 1. The number of esters is 1. The second kappa shape index (κ2) is 19.0. The molecule has 1 aliphatic heterocycles. The Hall–Kier alpha value is -3.18. The van der Waals surface area contributed by atoms with Crippen LogP contribution in [0.4, 0.5) is 0 Å². The maximum Gasteiger partial charge on any atom is 0.484 e. The van der Waals surface area contributed by atoms with E-state index in [1.165, 1.54) is 56.7 Å². The van der Waals surface area contributed by atoms with Crippen LogP contribution in [0.5, 0.6) is 5.75 Å². The van der Waals surface area contributed by atoms with Crippen molar-refractivity contribution >= 4 is 21.6 Å². The molecule has 2 aromatic rings. The Bertz CT molecular complexity index is 1600. The molecule has 0 amide bonds. The lowest BCUT2D eigenvalue weighted by atomic mass is 10.1. The minimum atomic E-state index is -5.08. The van der Waals surface area contributed by atoms with Gasteiger partial charge in [-0.15, -0.1) is 0 Å². The van der Waals surface area contributed by atoms with Crippen LogP contribution in [0.1, 0.15) is 82.1 Å². The van der Waals surface area contributed by atoms with E-state index >= 15 is 0 Å². The number of hydrogen-bond acceptors (Lipinski definition) is 12. The van der Waals surface area contributed by atoms with Gasteiger partial charge in [0.15, 0.2) is 6.23 Å². The summed E-state index contributed by atoms with van der Waals surface area (Å²) >= 11 is 0. The summed E-state index contributed by atoms with van der Waals surface area (Å²) in [6.07, 6.45) is 10.1. The van der Waals surface area contributed by atoms with E-state index in [0.717, 1.165) is 30.3 Å². The van der Waals surface area contributed by atoms with Gasteiger partial charge in [0.05, 0.1) is 32.3 Å². The molecule has 0 saturated heterocycles. The molecule has 15 nitrogen and oxygen atoms in total. The molecule has 0 spiro atoms. The summed E-state index contributed by atoms with van der Waals surface area (Å²) in [6, 6.07) is 7.91. The molecule has 0 aliphatic carbocycles. The molecule has 1 aromatic heterocycles. The van der Waals surface area contributed by atoms with Gasteiger partial charge in [0.25, 0.3) is 5.56 Å². The zero-order valence-electron chi connectivity index (χ0n) is 26.4. The van der Waals surface area contributed by atoms with Crippen molar-refractivity contribution in [2.45, 2.75) is 90.6 Å². The van der Waals surface area contributed by atoms with Crippen molar-refractivity contribution < 1.29 is 46.2 Å².